The molecule has 2 aromatic carbocycles. The molecule has 0 fully saturated rings. The summed E-state index contributed by atoms with van der Waals surface area (Å²) < 4.78 is 0. The predicted molar refractivity (Wildman–Crippen MR) is 96.9 cm³/mol. The Balaban J connectivity index is 1.48. The molecule has 0 amide bonds. The summed E-state index contributed by atoms with van der Waals surface area (Å²) in [6, 6.07) is 23.7. The first-order valence-corrected chi connectivity index (χ1v) is 8.33. The normalized spacial score (nSPS) is 10.6. The van der Waals surface area contributed by atoms with Gasteiger partial charge < -0.3 is 9.68 Å². The van der Waals surface area contributed by atoms with E-state index in [1.807, 2.05) is 72.8 Å². The van der Waals surface area contributed by atoms with E-state index in [4.69, 9.17) is 9.68 Å². The van der Waals surface area contributed by atoms with Gasteiger partial charge in [0.1, 0.15) is 24.6 Å². The number of hydrogen-bond donors (Lipinski definition) is 0. The third kappa shape index (κ3) is 3.59. The van der Waals surface area contributed by atoms with E-state index < -0.39 is 0 Å². The fourth-order valence-corrected chi connectivity index (χ4v) is 2.57. The van der Waals surface area contributed by atoms with Gasteiger partial charge in [0.15, 0.2) is 0 Å². The van der Waals surface area contributed by atoms with Crippen molar-refractivity contribution in [2.45, 2.75) is 13.2 Å². The molecule has 0 spiro atoms. The summed E-state index contributed by atoms with van der Waals surface area (Å²) >= 11 is 0. The Morgan fingerprint density at radius 3 is 1.42 bits per heavy atom. The molecule has 0 aliphatic carbocycles. The van der Waals surface area contributed by atoms with Crippen molar-refractivity contribution in [1.82, 2.24) is 19.9 Å². The Hall–Kier alpha value is -3.54. The number of nitrogens with zero attached hydrogens (tertiary/aromatic N) is 4. The Kier molecular flexibility index (Phi) is 4.64. The lowest BCUT2D eigenvalue weighted by Crippen LogP contribution is -2.18. The van der Waals surface area contributed by atoms with Crippen LogP contribution in [-0.2, 0) is 13.2 Å². The van der Waals surface area contributed by atoms with Crippen LogP contribution >= 0.6 is 0 Å². The molecule has 2 aromatic heterocycles. The Bertz CT molecular complexity index is 868. The van der Waals surface area contributed by atoms with E-state index >= 15 is 0 Å². The molecule has 6 heteroatoms. The van der Waals surface area contributed by atoms with E-state index in [9.17, 15) is 0 Å². The molecule has 0 aliphatic rings. The first-order chi connectivity index (χ1) is 12.9. The van der Waals surface area contributed by atoms with Crippen LogP contribution in [0.15, 0.2) is 85.2 Å². The van der Waals surface area contributed by atoms with Gasteiger partial charge in [0.25, 0.3) is 0 Å². The molecule has 0 aliphatic heterocycles. The zero-order chi connectivity index (χ0) is 17.6. The first-order valence-electron chi connectivity index (χ1n) is 8.33. The Morgan fingerprint density at radius 1 is 0.577 bits per heavy atom. The number of hydrogen-bond acceptors (Lipinski definition) is 4. The largest absolute Gasteiger partial charge is 0.391 e. The molecular formula is C20H18N4O2. The summed E-state index contributed by atoms with van der Waals surface area (Å²) in [6.07, 6.45) is 3.38. The van der Waals surface area contributed by atoms with Crippen molar-refractivity contribution in [2.24, 2.45) is 0 Å². The van der Waals surface area contributed by atoms with Crippen molar-refractivity contribution >= 4 is 0 Å². The second kappa shape index (κ2) is 7.57. The van der Waals surface area contributed by atoms with Crippen molar-refractivity contribution in [3.05, 3.63) is 96.3 Å². The van der Waals surface area contributed by atoms with Crippen LogP contribution in [0.25, 0.3) is 11.4 Å². The second-order valence-electron chi connectivity index (χ2n) is 5.70. The van der Waals surface area contributed by atoms with Crippen molar-refractivity contribution in [1.29, 1.82) is 0 Å². The highest BCUT2D eigenvalue weighted by molar-refractivity contribution is 5.53. The van der Waals surface area contributed by atoms with E-state index in [-0.39, 0.29) is 0 Å². The molecule has 6 nitrogen and oxygen atoms in total. The van der Waals surface area contributed by atoms with Crippen LogP contribution in [0, 0.1) is 0 Å². The van der Waals surface area contributed by atoms with E-state index in [1.54, 1.807) is 12.4 Å². The summed E-state index contributed by atoms with van der Waals surface area (Å²) in [6.45, 7) is 0.850. The summed E-state index contributed by atoms with van der Waals surface area (Å²) in [5.74, 6) is 0. The standard InChI is InChI=1S/C20H18N4O2/c1-3-7-17(8-4-1)15-25-23-19(11-13-21-23)20-12-14-22-24(20)26-16-18-9-5-2-6-10-18/h1-14H,15-16H2. The van der Waals surface area contributed by atoms with Crippen LogP contribution in [0.3, 0.4) is 0 Å². The van der Waals surface area contributed by atoms with Gasteiger partial charge in [-0.2, -0.15) is 0 Å². The molecule has 0 N–H and O–H groups in total. The third-order valence-electron chi connectivity index (χ3n) is 3.88. The highest BCUT2D eigenvalue weighted by Crippen LogP contribution is 2.17. The minimum atomic E-state index is 0.425. The van der Waals surface area contributed by atoms with Crippen LogP contribution < -0.4 is 9.68 Å². The average molecular weight is 346 g/mol. The maximum absolute atomic E-state index is 5.81. The Labute approximate surface area is 151 Å². The maximum atomic E-state index is 5.81. The van der Waals surface area contributed by atoms with Crippen LogP contribution in [-0.4, -0.2) is 19.9 Å². The van der Waals surface area contributed by atoms with Gasteiger partial charge in [0, 0.05) is 0 Å². The fourth-order valence-electron chi connectivity index (χ4n) is 2.57. The summed E-state index contributed by atoms with van der Waals surface area (Å²) in [5, 5.41) is 8.49. The molecule has 2 heterocycles. The lowest BCUT2D eigenvalue weighted by molar-refractivity contribution is 0.0620. The molecule has 26 heavy (non-hydrogen) atoms. The van der Waals surface area contributed by atoms with Gasteiger partial charge in [-0.05, 0) is 23.3 Å². The highest BCUT2D eigenvalue weighted by Gasteiger charge is 2.13. The minimum Gasteiger partial charge on any atom is -0.391 e. The number of aromatic nitrogens is 4. The molecule has 0 atom stereocenters. The van der Waals surface area contributed by atoms with Crippen molar-refractivity contribution in [3.63, 3.8) is 0 Å². The van der Waals surface area contributed by atoms with E-state index in [0.717, 1.165) is 22.5 Å². The third-order valence-corrected chi connectivity index (χ3v) is 3.88. The fraction of sp³-hybridized carbons (Fsp3) is 0.100. The summed E-state index contributed by atoms with van der Waals surface area (Å²) in [4.78, 5) is 14.6. The molecule has 0 radical (unpaired) electrons. The van der Waals surface area contributed by atoms with Gasteiger partial charge in [0.2, 0.25) is 0 Å². The monoisotopic (exact) mass is 346 g/mol. The van der Waals surface area contributed by atoms with Gasteiger partial charge in [-0.1, -0.05) is 70.4 Å². The van der Waals surface area contributed by atoms with Gasteiger partial charge in [-0.3, -0.25) is 0 Å². The first kappa shape index (κ1) is 16.0. The zero-order valence-corrected chi connectivity index (χ0v) is 14.1. The molecular weight excluding hydrogens is 328 g/mol. The summed E-state index contributed by atoms with van der Waals surface area (Å²) in [5.41, 5.74) is 3.68. The molecule has 0 unspecified atom stereocenters. The second-order valence-corrected chi connectivity index (χ2v) is 5.70. The van der Waals surface area contributed by atoms with Crippen LogP contribution in [0.2, 0.25) is 0 Å². The molecule has 130 valence electrons. The maximum Gasteiger partial charge on any atom is 0.142 e. The van der Waals surface area contributed by atoms with Crippen molar-refractivity contribution in [2.75, 3.05) is 0 Å². The van der Waals surface area contributed by atoms with Crippen molar-refractivity contribution in [3.8, 4) is 11.4 Å². The van der Waals surface area contributed by atoms with E-state index in [0.29, 0.717) is 13.2 Å². The number of rotatable bonds is 7. The van der Waals surface area contributed by atoms with Gasteiger partial charge in [-0.15, -0.1) is 10.2 Å². The van der Waals surface area contributed by atoms with Gasteiger partial charge in [0.05, 0.1) is 12.4 Å². The quantitative estimate of drug-likeness (QED) is 0.516. The molecule has 4 rings (SSSR count). The van der Waals surface area contributed by atoms with Crippen LogP contribution in [0.4, 0.5) is 0 Å². The smallest absolute Gasteiger partial charge is 0.142 e. The van der Waals surface area contributed by atoms with E-state index in [1.165, 1.54) is 9.69 Å². The molecule has 0 saturated heterocycles. The van der Waals surface area contributed by atoms with Crippen molar-refractivity contribution < 1.29 is 9.68 Å². The molecule has 0 bridgehead atoms. The Morgan fingerprint density at radius 2 is 1.00 bits per heavy atom. The summed E-state index contributed by atoms with van der Waals surface area (Å²) in [7, 11) is 0. The average Bonchev–Trinajstić information content (AvgIpc) is 3.35. The highest BCUT2D eigenvalue weighted by atomic mass is 16.7. The topological polar surface area (TPSA) is 54.1 Å². The minimum absolute atomic E-state index is 0.425. The molecule has 0 saturated carbocycles. The SMILES string of the molecule is c1ccc(COn2nccc2-c2ccnn2OCc2ccccc2)cc1. The van der Waals surface area contributed by atoms with Crippen LogP contribution in [0.5, 0.6) is 0 Å². The lowest BCUT2D eigenvalue weighted by atomic mass is 10.2. The van der Waals surface area contributed by atoms with Crippen LogP contribution in [0.1, 0.15) is 11.1 Å². The van der Waals surface area contributed by atoms with E-state index in [2.05, 4.69) is 10.2 Å². The predicted octanol–water partition coefficient (Wildman–Crippen LogP) is 3.00. The zero-order valence-electron chi connectivity index (χ0n) is 14.1. The van der Waals surface area contributed by atoms with Gasteiger partial charge >= 0.3 is 0 Å². The number of benzene rings is 2. The lowest BCUT2D eigenvalue weighted by Gasteiger charge is -2.11. The molecule has 4 aromatic rings. The van der Waals surface area contributed by atoms with Gasteiger partial charge in [-0.25, -0.2) is 0 Å².